The van der Waals surface area contributed by atoms with Crippen LogP contribution in [0.3, 0.4) is 0 Å². The lowest BCUT2D eigenvalue weighted by molar-refractivity contribution is -0.160. The highest BCUT2D eigenvalue weighted by Crippen LogP contribution is 2.35. The predicted octanol–water partition coefficient (Wildman–Crippen LogP) is 1.20. The van der Waals surface area contributed by atoms with Crippen molar-refractivity contribution in [3.63, 3.8) is 0 Å². The van der Waals surface area contributed by atoms with Gasteiger partial charge in [-0.1, -0.05) is 0 Å². The van der Waals surface area contributed by atoms with E-state index in [-0.39, 0.29) is 5.91 Å². The Kier molecular flexibility index (Phi) is 4.87. The number of aromatic nitrogens is 1. The topological polar surface area (TPSA) is 78.9 Å². The van der Waals surface area contributed by atoms with Crippen molar-refractivity contribution < 1.29 is 23.7 Å². The molecule has 0 atom stereocenters. The van der Waals surface area contributed by atoms with Crippen molar-refractivity contribution in [3.8, 4) is 0 Å². The lowest BCUT2D eigenvalue weighted by Gasteiger charge is -2.27. The van der Waals surface area contributed by atoms with Crippen LogP contribution in [-0.2, 0) is 41.7 Å². The van der Waals surface area contributed by atoms with Gasteiger partial charge in [0.2, 0.25) is 17.5 Å². The largest absolute Gasteiger partial charge is 0.359 e. The Labute approximate surface area is 141 Å². The molecule has 1 amide bonds. The molecule has 1 N–H and O–H groups in total. The van der Waals surface area contributed by atoms with Crippen molar-refractivity contribution in [3.05, 3.63) is 29.1 Å². The van der Waals surface area contributed by atoms with Crippen molar-refractivity contribution in [1.82, 2.24) is 10.3 Å². The summed E-state index contributed by atoms with van der Waals surface area (Å²) in [7, 11) is 1.63. The number of carbonyl (C=O) groups excluding carboxylic acids is 1. The molecule has 0 unspecified atom stereocenters. The minimum Gasteiger partial charge on any atom is -0.359 e. The minimum absolute atomic E-state index is 0.00549. The van der Waals surface area contributed by atoms with Crippen molar-refractivity contribution in [2.45, 2.75) is 38.3 Å². The van der Waals surface area contributed by atoms with Crippen LogP contribution in [0.1, 0.15) is 37.2 Å². The molecule has 0 aromatic carbocycles. The van der Waals surface area contributed by atoms with E-state index in [0.717, 1.165) is 5.56 Å². The fraction of sp³-hybridized carbons (Fsp3) is 0.647. The highest BCUT2D eigenvalue weighted by molar-refractivity contribution is 5.75. The van der Waals surface area contributed by atoms with Crippen molar-refractivity contribution >= 4 is 5.91 Å². The summed E-state index contributed by atoms with van der Waals surface area (Å²) in [6.07, 6.45) is 0.991. The van der Waals surface area contributed by atoms with Gasteiger partial charge in [0.1, 0.15) is 0 Å². The van der Waals surface area contributed by atoms with Gasteiger partial charge in [0.05, 0.1) is 37.8 Å². The maximum absolute atomic E-state index is 11.6. The van der Waals surface area contributed by atoms with Gasteiger partial charge in [-0.3, -0.25) is 4.79 Å². The molecular formula is C17H24N2O5. The molecule has 0 bridgehead atoms. The fourth-order valence-corrected chi connectivity index (χ4v) is 2.90. The standard InChI is InChI=1S/C17H24N2O5/c1-16(21-6-7-22-16)13-10-12(4-5-15(20)18-3)11-14(19-13)17(2)23-8-9-24-17/h10-11H,4-9H2,1-3H3,(H,18,20). The molecule has 0 radical (unpaired) electrons. The molecule has 1 aromatic heterocycles. The first-order chi connectivity index (χ1) is 11.5. The maximum atomic E-state index is 11.6. The molecule has 2 aliphatic rings. The van der Waals surface area contributed by atoms with Crippen molar-refractivity contribution in [2.75, 3.05) is 33.5 Å². The van der Waals surface area contributed by atoms with Crippen molar-refractivity contribution in [2.24, 2.45) is 0 Å². The highest BCUT2D eigenvalue weighted by atomic mass is 16.7. The van der Waals surface area contributed by atoms with Gasteiger partial charge in [0.25, 0.3) is 0 Å². The number of hydrogen-bond acceptors (Lipinski definition) is 6. The Morgan fingerprint density at radius 2 is 1.50 bits per heavy atom. The second-order valence-corrected chi connectivity index (χ2v) is 6.20. The zero-order valence-electron chi connectivity index (χ0n) is 14.4. The molecule has 7 heteroatoms. The number of aryl methyl sites for hydroxylation is 1. The normalized spacial score (nSPS) is 21.8. The highest BCUT2D eigenvalue weighted by Gasteiger charge is 2.39. The quantitative estimate of drug-likeness (QED) is 0.870. The molecule has 3 rings (SSSR count). The lowest BCUT2D eigenvalue weighted by atomic mass is 10.0. The van der Waals surface area contributed by atoms with E-state index >= 15 is 0 Å². The summed E-state index contributed by atoms with van der Waals surface area (Å²) in [6.45, 7) is 5.82. The minimum atomic E-state index is -0.882. The molecule has 3 heterocycles. The van der Waals surface area contributed by atoms with E-state index in [9.17, 15) is 4.79 Å². The summed E-state index contributed by atoms with van der Waals surface area (Å²) in [4.78, 5) is 16.3. The Balaban J connectivity index is 1.94. The van der Waals surface area contributed by atoms with Gasteiger partial charge in [0.15, 0.2) is 0 Å². The van der Waals surface area contributed by atoms with Crippen LogP contribution >= 0.6 is 0 Å². The van der Waals surface area contributed by atoms with E-state index in [0.29, 0.717) is 50.7 Å². The monoisotopic (exact) mass is 336 g/mol. The van der Waals surface area contributed by atoms with Crippen LogP contribution in [0, 0.1) is 0 Å². The number of nitrogens with zero attached hydrogens (tertiary/aromatic N) is 1. The lowest BCUT2D eigenvalue weighted by Crippen LogP contribution is -2.29. The van der Waals surface area contributed by atoms with Gasteiger partial charge in [-0.15, -0.1) is 0 Å². The third kappa shape index (κ3) is 3.44. The second-order valence-electron chi connectivity index (χ2n) is 6.20. The van der Waals surface area contributed by atoms with E-state index in [1.54, 1.807) is 7.05 Å². The summed E-state index contributed by atoms with van der Waals surface area (Å²) in [5.41, 5.74) is 2.31. The van der Waals surface area contributed by atoms with E-state index in [1.807, 2.05) is 26.0 Å². The summed E-state index contributed by atoms with van der Waals surface area (Å²) >= 11 is 0. The number of pyridine rings is 1. The third-order valence-electron chi connectivity index (χ3n) is 4.41. The number of carbonyl (C=O) groups is 1. The number of amides is 1. The predicted molar refractivity (Wildman–Crippen MR) is 85.1 cm³/mol. The molecule has 2 fully saturated rings. The first kappa shape index (κ1) is 17.3. The van der Waals surface area contributed by atoms with Crippen LogP contribution < -0.4 is 5.32 Å². The number of rotatable bonds is 5. The fourth-order valence-electron chi connectivity index (χ4n) is 2.90. The summed E-state index contributed by atoms with van der Waals surface area (Å²) in [5.74, 6) is -1.77. The van der Waals surface area contributed by atoms with E-state index < -0.39 is 11.6 Å². The maximum Gasteiger partial charge on any atom is 0.220 e. The van der Waals surface area contributed by atoms with Gasteiger partial charge >= 0.3 is 0 Å². The molecule has 2 saturated heterocycles. The Bertz CT molecular complexity index is 567. The van der Waals surface area contributed by atoms with Crippen LogP contribution in [0.2, 0.25) is 0 Å². The Morgan fingerprint density at radius 1 is 1.04 bits per heavy atom. The van der Waals surface area contributed by atoms with Crippen molar-refractivity contribution in [1.29, 1.82) is 0 Å². The van der Waals surface area contributed by atoms with Crippen LogP contribution in [0.25, 0.3) is 0 Å². The zero-order chi connectivity index (χ0) is 17.2. The average molecular weight is 336 g/mol. The van der Waals surface area contributed by atoms with E-state index in [1.165, 1.54) is 0 Å². The SMILES string of the molecule is CNC(=O)CCc1cc(C2(C)OCCO2)nc(C2(C)OCCO2)c1. The van der Waals surface area contributed by atoms with Crippen LogP contribution in [-0.4, -0.2) is 44.4 Å². The van der Waals surface area contributed by atoms with Gasteiger partial charge in [0, 0.05) is 13.5 Å². The molecule has 24 heavy (non-hydrogen) atoms. The number of nitrogens with one attached hydrogen (secondary N) is 1. The molecule has 2 aliphatic heterocycles. The van der Waals surface area contributed by atoms with Crippen LogP contribution in [0.4, 0.5) is 0 Å². The summed E-state index contributed by atoms with van der Waals surface area (Å²) in [6, 6.07) is 3.85. The van der Waals surface area contributed by atoms with Gasteiger partial charge in [-0.25, -0.2) is 4.98 Å². The Morgan fingerprint density at radius 3 is 1.92 bits per heavy atom. The molecule has 7 nitrogen and oxygen atoms in total. The van der Waals surface area contributed by atoms with E-state index in [2.05, 4.69) is 10.3 Å². The first-order valence-electron chi connectivity index (χ1n) is 8.23. The molecule has 0 spiro atoms. The summed E-state index contributed by atoms with van der Waals surface area (Å²) < 4.78 is 22.9. The molecule has 1 aromatic rings. The van der Waals surface area contributed by atoms with Crippen LogP contribution in [0.5, 0.6) is 0 Å². The third-order valence-corrected chi connectivity index (χ3v) is 4.41. The molecule has 0 saturated carbocycles. The summed E-state index contributed by atoms with van der Waals surface area (Å²) in [5, 5.41) is 2.64. The first-order valence-corrected chi connectivity index (χ1v) is 8.23. The van der Waals surface area contributed by atoms with Crippen LogP contribution in [0.15, 0.2) is 12.1 Å². The molecule has 0 aliphatic carbocycles. The number of hydrogen-bond donors (Lipinski definition) is 1. The van der Waals surface area contributed by atoms with Gasteiger partial charge in [-0.05, 0) is 38.0 Å². The smallest absolute Gasteiger partial charge is 0.220 e. The van der Waals surface area contributed by atoms with Gasteiger partial charge in [-0.2, -0.15) is 0 Å². The molecular weight excluding hydrogens is 312 g/mol. The van der Waals surface area contributed by atoms with Gasteiger partial charge < -0.3 is 24.3 Å². The average Bonchev–Trinajstić information content (AvgIpc) is 3.23. The molecule has 132 valence electrons. The number of ether oxygens (including phenoxy) is 4. The zero-order valence-corrected chi connectivity index (χ0v) is 14.4. The second kappa shape index (κ2) is 6.76. The Hall–Kier alpha value is -1.54. The van der Waals surface area contributed by atoms with E-state index in [4.69, 9.17) is 18.9 Å².